The SMILES string of the molecule is CC1OC(=O)c2c(O)cc(OCCN3C=NCC3)cc2/C=C/C[C@H](O)[C@H](O)C(=O)/C=C\[C@H]1C. The van der Waals surface area contributed by atoms with E-state index in [1.54, 1.807) is 26.3 Å². The monoisotopic (exact) mass is 458 g/mol. The molecule has 9 nitrogen and oxygen atoms in total. The maximum Gasteiger partial charge on any atom is 0.342 e. The van der Waals surface area contributed by atoms with Crippen molar-refractivity contribution in [1.29, 1.82) is 0 Å². The Morgan fingerprint density at radius 1 is 1.21 bits per heavy atom. The Balaban J connectivity index is 1.87. The number of cyclic esters (lactones) is 1. The van der Waals surface area contributed by atoms with Gasteiger partial charge in [-0.1, -0.05) is 25.2 Å². The Bertz CT molecular complexity index is 956. The standard InChI is InChI=1S/C24H30N2O7/c1-15-6-7-20(28)23(30)19(27)5-3-4-17-12-18(32-11-10-26-9-8-25-14-26)13-21(29)22(17)24(31)33-16(15)2/h3-4,6-7,12-16,19,23,27,29-30H,5,8-11H2,1-2H3/b4-3+,7-6-/t15-,16?,19+,23+/m1/s1. The second kappa shape index (κ2) is 11.1. The first kappa shape index (κ1) is 24.5. The molecule has 33 heavy (non-hydrogen) atoms. The van der Waals surface area contributed by atoms with Gasteiger partial charge in [0.25, 0.3) is 0 Å². The molecule has 9 heteroatoms. The maximum absolute atomic E-state index is 12.9. The second-order valence-electron chi connectivity index (χ2n) is 8.19. The van der Waals surface area contributed by atoms with Crippen molar-refractivity contribution in [3.05, 3.63) is 41.5 Å². The zero-order valence-corrected chi connectivity index (χ0v) is 18.8. The number of hydrogen-bond donors (Lipinski definition) is 3. The molecular formula is C24H30N2O7. The predicted molar refractivity (Wildman–Crippen MR) is 122 cm³/mol. The van der Waals surface area contributed by atoms with Crippen LogP contribution in [0.5, 0.6) is 11.5 Å². The number of nitrogens with zero attached hydrogens (tertiary/aromatic N) is 2. The number of benzene rings is 1. The highest BCUT2D eigenvalue weighted by atomic mass is 16.5. The molecule has 0 saturated heterocycles. The molecule has 3 rings (SSSR count). The fourth-order valence-corrected chi connectivity index (χ4v) is 3.42. The molecule has 0 fully saturated rings. The lowest BCUT2D eigenvalue weighted by Crippen LogP contribution is -2.32. The van der Waals surface area contributed by atoms with Gasteiger partial charge < -0.3 is 29.7 Å². The number of esters is 1. The van der Waals surface area contributed by atoms with E-state index in [-0.39, 0.29) is 23.7 Å². The van der Waals surface area contributed by atoms with Crippen LogP contribution in [0, 0.1) is 5.92 Å². The summed E-state index contributed by atoms with van der Waals surface area (Å²) in [7, 11) is 0. The van der Waals surface area contributed by atoms with Gasteiger partial charge in [-0.3, -0.25) is 9.79 Å². The zero-order chi connectivity index (χ0) is 24.0. The number of fused-ring (bicyclic) bond motifs is 1. The Kier molecular flexibility index (Phi) is 8.24. The predicted octanol–water partition coefficient (Wildman–Crippen LogP) is 1.56. The highest BCUT2D eigenvalue weighted by Gasteiger charge is 2.25. The van der Waals surface area contributed by atoms with Crippen LogP contribution in [0.25, 0.3) is 6.08 Å². The molecule has 0 bridgehead atoms. The van der Waals surface area contributed by atoms with Gasteiger partial charge in [0.2, 0.25) is 0 Å². The molecule has 4 atom stereocenters. The van der Waals surface area contributed by atoms with Crippen LogP contribution in [0.3, 0.4) is 0 Å². The molecule has 2 aliphatic heterocycles. The summed E-state index contributed by atoms with van der Waals surface area (Å²) in [6.07, 6.45) is 3.95. The van der Waals surface area contributed by atoms with Crippen molar-refractivity contribution in [1.82, 2.24) is 4.90 Å². The third-order valence-corrected chi connectivity index (χ3v) is 5.66. The molecule has 0 aliphatic carbocycles. The molecule has 0 saturated carbocycles. The minimum atomic E-state index is -1.57. The molecule has 1 unspecified atom stereocenters. The number of rotatable bonds is 4. The number of ketones is 1. The van der Waals surface area contributed by atoms with Gasteiger partial charge in [-0.2, -0.15) is 0 Å². The average Bonchev–Trinajstić information content (AvgIpc) is 3.29. The first-order valence-corrected chi connectivity index (χ1v) is 11.0. The molecule has 0 spiro atoms. The molecule has 3 N–H and O–H groups in total. The van der Waals surface area contributed by atoms with Gasteiger partial charge in [0.05, 0.1) is 25.5 Å². The Labute approximate surface area is 192 Å². The van der Waals surface area contributed by atoms with Gasteiger partial charge in [-0.15, -0.1) is 0 Å². The van der Waals surface area contributed by atoms with E-state index in [2.05, 4.69) is 4.99 Å². The number of carbonyl (C=O) groups excluding carboxylic acids is 2. The molecule has 178 valence electrons. The van der Waals surface area contributed by atoms with Crippen LogP contribution < -0.4 is 4.74 Å². The van der Waals surface area contributed by atoms with Gasteiger partial charge in [0.15, 0.2) is 5.78 Å². The normalized spacial score (nSPS) is 28.1. The van der Waals surface area contributed by atoms with E-state index < -0.39 is 30.1 Å². The Hall–Kier alpha value is -3.17. The highest BCUT2D eigenvalue weighted by molar-refractivity contribution is 5.97. The number of aliphatic imine (C=N–C) groups is 1. The van der Waals surface area contributed by atoms with Crippen LogP contribution in [0.2, 0.25) is 0 Å². The summed E-state index contributed by atoms with van der Waals surface area (Å²) in [5, 5.41) is 30.9. The fraction of sp³-hybridized carbons (Fsp3) is 0.458. The lowest BCUT2D eigenvalue weighted by Gasteiger charge is -2.20. The second-order valence-corrected chi connectivity index (χ2v) is 8.19. The first-order chi connectivity index (χ1) is 15.8. The van der Waals surface area contributed by atoms with Crippen molar-refractivity contribution < 1.29 is 34.4 Å². The van der Waals surface area contributed by atoms with Gasteiger partial charge >= 0.3 is 5.97 Å². The van der Waals surface area contributed by atoms with Gasteiger partial charge in [-0.05, 0) is 31.1 Å². The van der Waals surface area contributed by atoms with Crippen LogP contribution >= 0.6 is 0 Å². The molecule has 0 amide bonds. The molecule has 1 aromatic rings. The first-order valence-electron chi connectivity index (χ1n) is 11.0. The summed E-state index contributed by atoms with van der Waals surface area (Å²) in [6, 6.07) is 2.96. The summed E-state index contributed by atoms with van der Waals surface area (Å²) in [5.74, 6) is -1.62. The van der Waals surface area contributed by atoms with Crippen LogP contribution in [0.4, 0.5) is 0 Å². The van der Waals surface area contributed by atoms with Gasteiger partial charge in [0.1, 0.15) is 35.9 Å². The quantitative estimate of drug-likeness (QED) is 0.580. The van der Waals surface area contributed by atoms with E-state index in [0.717, 1.165) is 13.1 Å². The van der Waals surface area contributed by atoms with Gasteiger partial charge in [0, 0.05) is 18.5 Å². The van der Waals surface area contributed by atoms with Crippen LogP contribution in [-0.4, -0.2) is 82.9 Å². The van der Waals surface area contributed by atoms with Crippen molar-refractivity contribution >= 4 is 24.2 Å². The molecule has 2 heterocycles. The summed E-state index contributed by atoms with van der Waals surface area (Å²) in [6.45, 7) is 5.98. The van der Waals surface area contributed by atoms with Crippen molar-refractivity contribution in [2.45, 2.75) is 38.6 Å². The average molecular weight is 459 g/mol. The van der Waals surface area contributed by atoms with Crippen LogP contribution in [0.1, 0.15) is 36.2 Å². The smallest absolute Gasteiger partial charge is 0.342 e. The largest absolute Gasteiger partial charge is 0.507 e. The van der Waals surface area contributed by atoms with Crippen molar-refractivity contribution in [3.8, 4) is 11.5 Å². The van der Waals surface area contributed by atoms with E-state index in [4.69, 9.17) is 9.47 Å². The summed E-state index contributed by atoms with van der Waals surface area (Å²) < 4.78 is 11.3. The lowest BCUT2D eigenvalue weighted by atomic mass is 9.99. The number of phenolic OH excluding ortho intramolecular Hbond substituents is 1. The number of aliphatic hydroxyl groups is 2. The zero-order valence-electron chi connectivity index (χ0n) is 18.8. The van der Waals surface area contributed by atoms with E-state index in [9.17, 15) is 24.9 Å². The molecule has 0 aromatic heterocycles. The topological polar surface area (TPSA) is 129 Å². The number of carbonyl (C=O) groups is 2. The maximum atomic E-state index is 12.9. The van der Waals surface area contributed by atoms with Crippen molar-refractivity contribution in [2.24, 2.45) is 10.9 Å². The number of hydrogen-bond acceptors (Lipinski definition) is 9. The van der Waals surface area contributed by atoms with E-state index in [1.807, 2.05) is 4.90 Å². The number of ether oxygens (including phenoxy) is 2. The molecule has 0 radical (unpaired) electrons. The number of phenols is 1. The fourth-order valence-electron chi connectivity index (χ4n) is 3.42. The van der Waals surface area contributed by atoms with Crippen LogP contribution in [0.15, 0.2) is 35.4 Å². The number of aliphatic hydroxyl groups excluding tert-OH is 2. The third kappa shape index (κ3) is 6.43. The summed E-state index contributed by atoms with van der Waals surface area (Å²) in [4.78, 5) is 31.1. The summed E-state index contributed by atoms with van der Waals surface area (Å²) in [5.41, 5.74) is 0.301. The Morgan fingerprint density at radius 3 is 2.73 bits per heavy atom. The minimum Gasteiger partial charge on any atom is -0.507 e. The highest BCUT2D eigenvalue weighted by Crippen LogP contribution is 2.31. The lowest BCUT2D eigenvalue weighted by molar-refractivity contribution is -0.127. The molecular weight excluding hydrogens is 428 g/mol. The van der Waals surface area contributed by atoms with E-state index in [1.165, 1.54) is 30.4 Å². The van der Waals surface area contributed by atoms with E-state index >= 15 is 0 Å². The van der Waals surface area contributed by atoms with E-state index in [0.29, 0.717) is 24.5 Å². The van der Waals surface area contributed by atoms with Crippen LogP contribution in [-0.2, 0) is 9.53 Å². The molecule has 1 aromatic carbocycles. The number of aromatic hydroxyl groups is 1. The Morgan fingerprint density at radius 2 is 2.00 bits per heavy atom. The van der Waals surface area contributed by atoms with Crippen molar-refractivity contribution in [3.63, 3.8) is 0 Å². The molecule has 2 aliphatic rings. The summed E-state index contributed by atoms with van der Waals surface area (Å²) >= 11 is 0. The van der Waals surface area contributed by atoms with Crippen molar-refractivity contribution in [2.75, 3.05) is 26.2 Å². The third-order valence-electron chi connectivity index (χ3n) is 5.66. The van der Waals surface area contributed by atoms with Gasteiger partial charge in [-0.25, -0.2) is 4.79 Å². The minimum absolute atomic E-state index is 0.0310.